The Balaban J connectivity index is 3.21. The molecule has 0 heterocycles. The molecule has 0 unspecified atom stereocenters. The van der Waals surface area contributed by atoms with E-state index >= 15 is 0 Å². The van der Waals surface area contributed by atoms with Crippen molar-refractivity contribution in [2.24, 2.45) is 0 Å². The topological polar surface area (TPSA) is 17.1 Å². The minimum atomic E-state index is 0.179. The van der Waals surface area contributed by atoms with Gasteiger partial charge in [0.25, 0.3) is 0 Å². The molecule has 0 aliphatic rings. The van der Waals surface area contributed by atoms with E-state index in [-0.39, 0.29) is 5.78 Å². The molecule has 1 heteroatoms. The molecule has 0 saturated carbocycles. The van der Waals surface area contributed by atoms with Gasteiger partial charge in [-0.3, -0.25) is 4.79 Å². The fourth-order valence-electron chi connectivity index (χ4n) is 2.13. The van der Waals surface area contributed by atoms with Crippen molar-refractivity contribution in [2.75, 3.05) is 0 Å². The molecule has 0 aliphatic heterocycles. The van der Waals surface area contributed by atoms with E-state index in [0.717, 1.165) is 6.42 Å². The van der Waals surface area contributed by atoms with Crippen LogP contribution >= 0.6 is 0 Å². The van der Waals surface area contributed by atoms with Gasteiger partial charge in [-0.2, -0.15) is 0 Å². The summed E-state index contributed by atoms with van der Waals surface area (Å²) >= 11 is 0. The fourth-order valence-corrected chi connectivity index (χ4v) is 2.13. The van der Waals surface area contributed by atoms with Crippen molar-refractivity contribution in [3.63, 3.8) is 0 Å². The molecule has 0 N–H and O–H groups in total. The summed E-state index contributed by atoms with van der Waals surface area (Å²) in [6, 6.07) is 0. The van der Waals surface area contributed by atoms with E-state index in [4.69, 9.17) is 0 Å². The highest BCUT2D eigenvalue weighted by atomic mass is 16.1. The van der Waals surface area contributed by atoms with Crippen molar-refractivity contribution < 1.29 is 4.79 Å². The van der Waals surface area contributed by atoms with E-state index in [0.29, 0.717) is 0 Å². The van der Waals surface area contributed by atoms with Gasteiger partial charge < -0.3 is 0 Å². The lowest BCUT2D eigenvalue weighted by Gasteiger charge is -2.02. The molecule has 0 atom stereocenters. The Bertz CT molecular complexity index is 216. The molecule has 0 rings (SSSR count). The van der Waals surface area contributed by atoms with Gasteiger partial charge in [-0.25, -0.2) is 0 Å². The molecule has 0 bridgehead atoms. The van der Waals surface area contributed by atoms with Gasteiger partial charge in [0.2, 0.25) is 0 Å². The zero-order valence-corrected chi connectivity index (χ0v) is 12.1. The van der Waals surface area contributed by atoms with Gasteiger partial charge in [0.15, 0.2) is 5.78 Å². The van der Waals surface area contributed by atoms with Crippen LogP contribution in [0.1, 0.15) is 85.0 Å². The first-order valence-corrected chi connectivity index (χ1v) is 7.34. The number of carbonyl (C=O) groups excluding carboxylic acids is 1. The van der Waals surface area contributed by atoms with Crippen molar-refractivity contribution in [3.8, 4) is 0 Å². The minimum absolute atomic E-state index is 0.179. The standard InChI is InChI=1S/C16H30O/c1-4-5-6-7-8-9-10-11-12-13-15(2)14-16(3)17/h14H,4-13H2,1-3H3/b15-14+. The molecule has 100 valence electrons. The van der Waals surface area contributed by atoms with Crippen LogP contribution in [0.25, 0.3) is 0 Å². The lowest BCUT2D eigenvalue weighted by Crippen LogP contribution is -1.87. The van der Waals surface area contributed by atoms with Gasteiger partial charge in [-0.15, -0.1) is 0 Å². The Labute approximate surface area is 108 Å². The third kappa shape index (κ3) is 13.3. The lowest BCUT2D eigenvalue weighted by molar-refractivity contribution is -0.112. The van der Waals surface area contributed by atoms with Gasteiger partial charge in [-0.05, 0) is 32.8 Å². The third-order valence-electron chi connectivity index (χ3n) is 3.12. The van der Waals surface area contributed by atoms with Crippen LogP contribution in [0.5, 0.6) is 0 Å². The van der Waals surface area contributed by atoms with Crippen LogP contribution in [0.15, 0.2) is 11.6 Å². The molecular weight excluding hydrogens is 208 g/mol. The van der Waals surface area contributed by atoms with Gasteiger partial charge in [0.05, 0.1) is 0 Å². The predicted molar refractivity (Wildman–Crippen MR) is 76.3 cm³/mol. The van der Waals surface area contributed by atoms with Crippen LogP contribution in [-0.2, 0) is 4.79 Å². The molecule has 17 heavy (non-hydrogen) atoms. The van der Waals surface area contributed by atoms with Crippen molar-refractivity contribution >= 4 is 5.78 Å². The molecule has 0 aromatic carbocycles. The third-order valence-corrected chi connectivity index (χ3v) is 3.12. The van der Waals surface area contributed by atoms with E-state index in [1.807, 2.05) is 0 Å². The van der Waals surface area contributed by atoms with Crippen LogP contribution in [-0.4, -0.2) is 5.78 Å². The number of unbranched alkanes of at least 4 members (excludes halogenated alkanes) is 8. The zero-order chi connectivity index (χ0) is 12.9. The Hall–Kier alpha value is -0.590. The summed E-state index contributed by atoms with van der Waals surface area (Å²) < 4.78 is 0. The predicted octanol–water partition coefficient (Wildman–Crippen LogP) is 5.44. The largest absolute Gasteiger partial charge is 0.295 e. The summed E-state index contributed by atoms with van der Waals surface area (Å²) in [7, 11) is 0. The van der Waals surface area contributed by atoms with Crippen LogP contribution in [0.3, 0.4) is 0 Å². The second-order valence-electron chi connectivity index (χ2n) is 5.18. The van der Waals surface area contributed by atoms with Crippen molar-refractivity contribution in [1.82, 2.24) is 0 Å². The second-order valence-corrected chi connectivity index (χ2v) is 5.18. The van der Waals surface area contributed by atoms with E-state index in [1.165, 1.54) is 63.4 Å². The Kier molecular flexibility index (Phi) is 11.5. The molecule has 0 radical (unpaired) electrons. The second kappa shape index (κ2) is 11.9. The van der Waals surface area contributed by atoms with Gasteiger partial charge >= 0.3 is 0 Å². The van der Waals surface area contributed by atoms with Crippen LogP contribution < -0.4 is 0 Å². The molecule has 0 spiro atoms. The van der Waals surface area contributed by atoms with Crippen LogP contribution in [0.4, 0.5) is 0 Å². The maximum absolute atomic E-state index is 10.8. The molecule has 0 amide bonds. The average molecular weight is 238 g/mol. The smallest absolute Gasteiger partial charge is 0.152 e. The van der Waals surface area contributed by atoms with Gasteiger partial charge in [-0.1, -0.05) is 63.9 Å². The fraction of sp³-hybridized carbons (Fsp3) is 0.812. The quantitative estimate of drug-likeness (QED) is 0.346. The number of allylic oxidation sites excluding steroid dienone is 2. The number of carbonyl (C=O) groups is 1. The Morgan fingerprint density at radius 1 is 0.824 bits per heavy atom. The number of ketones is 1. The Morgan fingerprint density at radius 3 is 1.76 bits per heavy atom. The number of hydrogen-bond acceptors (Lipinski definition) is 1. The average Bonchev–Trinajstić information content (AvgIpc) is 2.26. The normalized spacial score (nSPS) is 11.8. The molecule has 0 aliphatic carbocycles. The maximum Gasteiger partial charge on any atom is 0.152 e. The van der Waals surface area contributed by atoms with Crippen LogP contribution in [0.2, 0.25) is 0 Å². The van der Waals surface area contributed by atoms with Crippen molar-refractivity contribution in [1.29, 1.82) is 0 Å². The lowest BCUT2D eigenvalue weighted by atomic mass is 10.0. The van der Waals surface area contributed by atoms with Crippen LogP contribution in [0, 0.1) is 0 Å². The highest BCUT2D eigenvalue weighted by Gasteiger charge is 1.94. The maximum atomic E-state index is 10.8. The summed E-state index contributed by atoms with van der Waals surface area (Å²) in [6.07, 6.45) is 15.1. The zero-order valence-electron chi connectivity index (χ0n) is 12.1. The minimum Gasteiger partial charge on any atom is -0.295 e. The van der Waals surface area contributed by atoms with E-state index in [1.54, 1.807) is 13.0 Å². The molecule has 0 saturated heterocycles. The summed E-state index contributed by atoms with van der Waals surface area (Å²) in [6.45, 7) is 5.95. The summed E-state index contributed by atoms with van der Waals surface area (Å²) in [5.41, 5.74) is 1.24. The SMILES string of the molecule is CCCCCCCCCCC/C(C)=C/C(C)=O. The highest BCUT2D eigenvalue weighted by molar-refractivity contribution is 5.87. The van der Waals surface area contributed by atoms with Gasteiger partial charge in [0, 0.05) is 0 Å². The molecular formula is C16H30O. The van der Waals surface area contributed by atoms with Crippen molar-refractivity contribution in [3.05, 3.63) is 11.6 Å². The monoisotopic (exact) mass is 238 g/mol. The summed E-state index contributed by atoms with van der Waals surface area (Å²) in [5.74, 6) is 0.179. The van der Waals surface area contributed by atoms with Gasteiger partial charge in [0.1, 0.15) is 0 Å². The molecule has 0 aromatic rings. The van der Waals surface area contributed by atoms with Crippen molar-refractivity contribution in [2.45, 2.75) is 85.0 Å². The summed E-state index contributed by atoms with van der Waals surface area (Å²) in [4.78, 5) is 10.8. The summed E-state index contributed by atoms with van der Waals surface area (Å²) in [5, 5.41) is 0. The molecule has 0 fully saturated rings. The first-order chi connectivity index (χ1) is 8.16. The first kappa shape index (κ1) is 16.4. The number of rotatable bonds is 11. The Morgan fingerprint density at radius 2 is 1.29 bits per heavy atom. The van der Waals surface area contributed by atoms with E-state index in [9.17, 15) is 4.79 Å². The van der Waals surface area contributed by atoms with E-state index in [2.05, 4.69) is 13.8 Å². The first-order valence-electron chi connectivity index (χ1n) is 7.34. The van der Waals surface area contributed by atoms with E-state index < -0.39 is 0 Å². The highest BCUT2D eigenvalue weighted by Crippen LogP contribution is 2.12. The molecule has 0 aromatic heterocycles. The number of hydrogen-bond donors (Lipinski definition) is 0. The molecule has 1 nitrogen and oxygen atoms in total.